The van der Waals surface area contributed by atoms with Crippen LogP contribution >= 0.6 is 34.4 Å². The molecule has 0 aliphatic carbocycles. The van der Waals surface area contributed by atoms with Gasteiger partial charge in [-0.15, -0.1) is 18.3 Å². The van der Waals surface area contributed by atoms with Crippen molar-refractivity contribution in [2.45, 2.75) is 151 Å². The van der Waals surface area contributed by atoms with Gasteiger partial charge in [-0.25, -0.2) is 19.0 Å². The van der Waals surface area contributed by atoms with Crippen LogP contribution in [0, 0.1) is 18.7 Å². The Morgan fingerprint density at radius 3 is 2.38 bits per heavy atom. The van der Waals surface area contributed by atoms with E-state index >= 15 is 4.39 Å². The number of hydrogen-bond donors (Lipinski definition) is 7. The third kappa shape index (κ3) is 14.5. The molecule has 2 aromatic heterocycles. The molecule has 0 spiro atoms. The molecule has 25 heteroatoms. The summed E-state index contributed by atoms with van der Waals surface area (Å²) in [4.78, 5) is 138. The third-order valence-electron chi connectivity index (χ3n) is 14.7. The molecule has 6 atom stereocenters. The number of carbonyl (C=O) groups excluding carboxylic acids is 8. The maximum atomic E-state index is 15.5. The first-order valence-electron chi connectivity index (χ1n) is 27.4. The highest BCUT2D eigenvalue weighted by Crippen LogP contribution is 2.44. The molecule has 22 nitrogen and oxygen atoms in total. The fourth-order valence-corrected chi connectivity index (χ4v) is 12.8. The fraction of sp³-hybridized carbons (Fsp3) is 0.441. The Bertz CT molecular complexity index is 3420. The number of carboxylic acids is 1. The maximum absolute atomic E-state index is 15.5. The standard InChI is InChI=1S/C59H68FIN8O14S/c1-9-12-35-31(6)40(60)24-42-49(35)36(37-27-69-44(50(37)66-42)23-39-38(54(69)77)29-82-56(79)59(39,81)11-3)26-62-57(80)83-28-33-13-15-34(16-14-33)64-52(75)41(17-18-48(72)73)67-51(74)32(7)63-53(76)43(22-30(4)5)65-46(70)19-21-68-47(71)25-45(55(68)78)84-58(8,61)20-10-2/h9-10,12-16,23-24,30,32,41,43,45,81H,2,11,17-22,25-29H2,1,3-8H3,(H,62,80)(H,63,76)(H,64,75)(H,65,70)(H,67,74)(H,72,73)/b12-9+/t32-,41-,43?,45?,58?,59-/m0/s1. The molecule has 7 rings (SSSR count). The number of aliphatic carboxylic acids is 1. The van der Waals surface area contributed by atoms with Crippen LogP contribution in [0.5, 0.6) is 0 Å². The lowest BCUT2D eigenvalue weighted by molar-refractivity contribution is -0.172. The number of aliphatic hydroxyl groups is 1. The summed E-state index contributed by atoms with van der Waals surface area (Å²) in [6, 6.07) is 5.15. The monoisotopic (exact) mass is 1290 g/mol. The van der Waals surface area contributed by atoms with Gasteiger partial charge in [0.2, 0.25) is 35.4 Å². The van der Waals surface area contributed by atoms with E-state index in [-0.39, 0.29) is 96.0 Å². The van der Waals surface area contributed by atoms with Crippen molar-refractivity contribution in [1.82, 2.24) is 35.7 Å². The zero-order valence-electron chi connectivity index (χ0n) is 47.6. The number of imide groups is 1. The number of fused-ring (bicyclic) bond motifs is 5. The highest BCUT2D eigenvalue weighted by molar-refractivity contribution is 14.1. The molecular formula is C59H68FIN8O14S. The summed E-state index contributed by atoms with van der Waals surface area (Å²) in [6.45, 7) is 14.7. The molecule has 0 bridgehead atoms. The van der Waals surface area contributed by atoms with Crippen LogP contribution in [0.3, 0.4) is 0 Å². The fourth-order valence-electron chi connectivity index (χ4n) is 10.3. The van der Waals surface area contributed by atoms with Crippen LogP contribution in [-0.4, -0.2) is 111 Å². The van der Waals surface area contributed by atoms with Gasteiger partial charge in [-0.2, -0.15) is 0 Å². The molecule has 1 saturated heterocycles. The van der Waals surface area contributed by atoms with E-state index in [1.165, 1.54) is 41.5 Å². The summed E-state index contributed by atoms with van der Waals surface area (Å²) < 4.78 is 27.4. The average Bonchev–Trinajstić information content (AvgIpc) is 1.54. The van der Waals surface area contributed by atoms with Gasteiger partial charge < -0.3 is 50.8 Å². The second kappa shape index (κ2) is 27.0. The number of alkyl carbamates (subject to hydrolysis) is 1. The molecule has 3 aliphatic rings. The smallest absolute Gasteiger partial charge is 0.407 e. The first-order valence-corrected chi connectivity index (χ1v) is 29.3. The van der Waals surface area contributed by atoms with Crippen LogP contribution in [0.15, 0.2) is 59.9 Å². The number of aromatic nitrogens is 2. The normalized spacial score (nSPS) is 18.0. The molecule has 0 saturated carbocycles. The van der Waals surface area contributed by atoms with E-state index in [1.54, 1.807) is 57.2 Å². The van der Waals surface area contributed by atoms with Crippen molar-refractivity contribution < 1.29 is 67.2 Å². The number of esters is 1. The number of nitrogens with one attached hydrogen (secondary N) is 5. The highest BCUT2D eigenvalue weighted by atomic mass is 127. The van der Waals surface area contributed by atoms with Crippen LogP contribution in [0.1, 0.15) is 125 Å². The summed E-state index contributed by atoms with van der Waals surface area (Å²) >= 11 is 3.57. The molecule has 4 aromatic rings. The van der Waals surface area contributed by atoms with Gasteiger partial charge in [-0.3, -0.25) is 43.3 Å². The molecule has 84 heavy (non-hydrogen) atoms. The Labute approximate surface area is 501 Å². The SMILES string of the molecule is C=CCC(C)(I)SC1CC(=O)N(CCC(=O)NC(CC(C)C)C(=O)N[C@@H](C)C(=O)N[C@@H](CCC(=O)O)C(=O)Nc2ccc(COC(=O)NCc3c4c(nc5cc(F)c(C)c(/C=C/C)c35)-c3cc5c(c(=O)n3C4)COC(=O)[C@]5(O)CC)cc2)C1=O. The lowest BCUT2D eigenvalue weighted by Crippen LogP contribution is -2.55. The van der Waals surface area contributed by atoms with Crippen molar-refractivity contribution in [2.24, 2.45) is 5.92 Å². The van der Waals surface area contributed by atoms with Crippen LogP contribution < -0.4 is 32.1 Å². The number of nitrogens with zero attached hydrogens (tertiary/aromatic N) is 3. The maximum Gasteiger partial charge on any atom is 0.407 e. The number of pyridine rings is 2. The highest BCUT2D eigenvalue weighted by Gasteiger charge is 2.46. The number of hydrogen-bond acceptors (Lipinski definition) is 15. The first kappa shape index (κ1) is 64.0. The predicted octanol–water partition coefficient (Wildman–Crippen LogP) is 6.29. The van der Waals surface area contributed by atoms with E-state index in [0.717, 1.165) is 4.90 Å². The molecule has 7 N–H and O–H groups in total. The summed E-state index contributed by atoms with van der Waals surface area (Å²) in [7, 11) is 0. The van der Waals surface area contributed by atoms with Gasteiger partial charge in [0.1, 0.15) is 37.2 Å². The number of alkyl halides is 1. The molecule has 0 radical (unpaired) electrons. The van der Waals surface area contributed by atoms with Crippen LogP contribution in [-0.2, 0) is 79.7 Å². The molecule has 2 aromatic carbocycles. The number of thioether (sulfide) groups is 1. The zero-order chi connectivity index (χ0) is 61.5. The number of carboxylic acid groups (broad SMARTS) is 1. The van der Waals surface area contributed by atoms with E-state index < -0.39 is 100 Å². The number of benzene rings is 2. The van der Waals surface area contributed by atoms with Gasteiger partial charge in [0.05, 0.1) is 37.0 Å². The number of allylic oxidation sites excluding steroid dienone is 2. The Balaban J connectivity index is 0.962. The van der Waals surface area contributed by atoms with E-state index in [4.69, 9.17) is 14.5 Å². The number of anilines is 1. The summed E-state index contributed by atoms with van der Waals surface area (Å²) in [5.41, 5.74) is 1.09. The Hall–Kier alpha value is -7.52. The molecule has 5 heterocycles. The second-order valence-corrected chi connectivity index (χ2v) is 26.3. The molecular weight excluding hydrogens is 1220 g/mol. The van der Waals surface area contributed by atoms with Crippen LogP contribution in [0.2, 0.25) is 0 Å². The summed E-state index contributed by atoms with van der Waals surface area (Å²) in [5.74, 6) is -6.48. The minimum Gasteiger partial charge on any atom is -0.481 e. The second-order valence-electron chi connectivity index (χ2n) is 21.4. The molecule has 3 aliphatic heterocycles. The number of cyclic esters (lactones) is 1. The lowest BCUT2D eigenvalue weighted by atomic mass is 9.86. The van der Waals surface area contributed by atoms with Gasteiger partial charge in [0.15, 0.2) is 5.60 Å². The zero-order valence-corrected chi connectivity index (χ0v) is 50.5. The minimum absolute atomic E-state index is 0.000497. The lowest BCUT2D eigenvalue weighted by Gasteiger charge is -2.31. The average molecular weight is 1290 g/mol. The van der Waals surface area contributed by atoms with Crippen molar-refractivity contribution in [2.75, 3.05) is 11.9 Å². The van der Waals surface area contributed by atoms with Crippen LogP contribution in [0.25, 0.3) is 28.4 Å². The minimum atomic E-state index is -2.08. The van der Waals surface area contributed by atoms with Crippen molar-refractivity contribution in [3.8, 4) is 11.4 Å². The van der Waals surface area contributed by atoms with Gasteiger partial charge in [-0.05, 0) is 99.7 Å². The largest absolute Gasteiger partial charge is 0.481 e. The van der Waals surface area contributed by atoms with E-state index in [1.807, 2.05) is 20.8 Å². The number of carbonyl (C=O) groups is 9. The number of rotatable bonds is 25. The van der Waals surface area contributed by atoms with Crippen molar-refractivity contribution in [3.05, 3.63) is 110 Å². The Kier molecular flexibility index (Phi) is 20.6. The molecule has 1 fully saturated rings. The number of amides is 7. The number of halogens is 2. The van der Waals surface area contributed by atoms with Gasteiger partial charge in [0, 0.05) is 60.6 Å². The predicted molar refractivity (Wildman–Crippen MR) is 318 cm³/mol. The molecule has 7 amide bonds. The summed E-state index contributed by atoms with van der Waals surface area (Å²) in [6.07, 6.45) is 3.96. The van der Waals surface area contributed by atoms with Crippen molar-refractivity contribution in [3.63, 3.8) is 0 Å². The van der Waals surface area contributed by atoms with Gasteiger partial charge in [-0.1, -0.05) is 73.7 Å². The third-order valence-corrected chi connectivity index (χ3v) is 17.2. The van der Waals surface area contributed by atoms with Crippen molar-refractivity contribution in [1.29, 1.82) is 0 Å². The van der Waals surface area contributed by atoms with E-state index in [2.05, 4.69) is 55.8 Å². The van der Waals surface area contributed by atoms with Crippen molar-refractivity contribution >= 4 is 110 Å². The Morgan fingerprint density at radius 1 is 1.01 bits per heavy atom. The first-order chi connectivity index (χ1) is 39.7. The number of ether oxygens (including phenoxy) is 2. The summed E-state index contributed by atoms with van der Waals surface area (Å²) in [5, 5.41) is 33.9. The topological polar surface area (TPSA) is 311 Å². The molecule has 3 unspecified atom stereocenters. The Morgan fingerprint density at radius 2 is 1.73 bits per heavy atom. The van der Waals surface area contributed by atoms with E-state index in [9.17, 15) is 58.2 Å². The number of likely N-dealkylation sites (tertiary alicyclic amines) is 1. The quantitative estimate of drug-likeness (QED) is 0.0111. The van der Waals surface area contributed by atoms with E-state index in [0.29, 0.717) is 51.0 Å². The molecule has 448 valence electrons. The van der Waals surface area contributed by atoms with Gasteiger partial charge in [0.25, 0.3) is 5.56 Å². The van der Waals surface area contributed by atoms with Crippen LogP contribution in [0.4, 0.5) is 14.9 Å². The van der Waals surface area contributed by atoms with Gasteiger partial charge >= 0.3 is 18.0 Å².